The number of aryl methyl sites for hydroxylation is 1. The van der Waals surface area contributed by atoms with Crippen LogP contribution in [0.15, 0.2) is 41.3 Å². The molecule has 2 aliphatic heterocycles. The first kappa shape index (κ1) is 20.0. The third-order valence-corrected chi connectivity index (χ3v) is 7.31. The Kier molecular flexibility index (Phi) is 5.67. The van der Waals surface area contributed by atoms with Gasteiger partial charge >= 0.3 is 0 Å². The fraction of sp³-hybridized carbons (Fsp3) is 0.429. The molecule has 2 aromatic rings. The molecule has 8 heteroatoms. The van der Waals surface area contributed by atoms with Crippen molar-refractivity contribution >= 4 is 10.0 Å². The summed E-state index contributed by atoms with van der Waals surface area (Å²) in [4.78, 5) is 2.48. The van der Waals surface area contributed by atoms with Gasteiger partial charge in [-0.15, -0.1) is 0 Å². The predicted molar refractivity (Wildman–Crippen MR) is 109 cm³/mol. The quantitative estimate of drug-likeness (QED) is 0.777. The van der Waals surface area contributed by atoms with Gasteiger partial charge in [0, 0.05) is 44.4 Å². The van der Waals surface area contributed by atoms with E-state index in [4.69, 9.17) is 9.47 Å². The molecule has 2 aliphatic rings. The molecule has 1 N–H and O–H groups in total. The Morgan fingerprint density at radius 2 is 1.66 bits per heavy atom. The highest BCUT2D eigenvalue weighted by atomic mass is 32.2. The van der Waals surface area contributed by atoms with Gasteiger partial charge in [-0.3, -0.25) is 4.90 Å². The van der Waals surface area contributed by atoms with Gasteiger partial charge in [-0.05, 0) is 30.2 Å². The van der Waals surface area contributed by atoms with Crippen molar-refractivity contribution in [3.05, 3.63) is 47.5 Å². The average Bonchev–Trinajstić information content (AvgIpc) is 3.16. The summed E-state index contributed by atoms with van der Waals surface area (Å²) < 4.78 is 38.1. The van der Waals surface area contributed by atoms with Gasteiger partial charge in [-0.25, -0.2) is 8.42 Å². The van der Waals surface area contributed by atoms with Crippen LogP contribution >= 0.6 is 0 Å². The second-order valence-corrected chi connectivity index (χ2v) is 9.35. The number of piperazine rings is 1. The Bertz CT molecular complexity index is 967. The van der Waals surface area contributed by atoms with Crippen LogP contribution < -0.4 is 9.47 Å². The third kappa shape index (κ3) is 4.19. The Morgan fingerprint density at radius 1 is 1.00 bits per heavy atom. The predicted octanol–water partition coefficient (Wildman–Crippen LogP) is 2.58. The number of sulfonamides is 1. The third-order valence-electron chi connectivity index (χ3n) is 5.40. The van der Waals surface area contributed by atoms with Crippen molar-refractivity contribution < 1.29 is 23.0 Å². The van der Waals surface area contributed by atoms with E-state index < -0.39 is 10.0 Å². The zero-order chi connectivity index (χ0) is 20.4. The van der Waals surface area contributed by atoms with Crippen molar-refractivity contribution in [2.24, 2.45) is 0 Å². The number of hydrogen-bond acceptors (Lipinski definition) is 6. The van der Waals surface area contributed by atoms with Crippen LogP contribution in [0, 0.1) is 0 Å². The van der Waals surface area contributed by atoms with E-state index in [9.17, 15) is 13.5 Å². The summed E-state index contributed by atoms with van der Waals surface area (Å²) in [5.74, 6) is 1.34. The van der Waals surface area contributed by atoms with Crippen molar-refractivity contribution in [2.45, 2.75) is 31.2 Å². The molecule has 0 radical (unpaired) electrons. The molecule has 4 rings (SSSR count). The molecule has 1 saturated heterocycles. The van der Waals surface area contributed by atoms with Crippen molar-refractivity contribution in [2.75, 3.05) is 33.0 Å². The Balaban J connectivity index is 1.39. The number of nitrogens with zero attached hydrogens (tertiary/aromatic N) is 2. The van der Waals surface area contributed by atoms with Crippen LogP contribution in [0.2, 0.25) is 0 Å². The molecule has 7 nitrogen and oxygen atoms in total. The molecule has 0 aliphatic carbocycles. The van der Waals surface area contributed by atoms with Crippen molar-refractivity contribution in [1.29, 1.82) is 0 Å². The molecular formula is C21H26N2O5S. The minimum Gasteiger partial charge on any atom is -0.507 e. The normalized spacial score (nSPS) is 17.6. The fourth-order valence-electron chi connectivity index (χ4n) is 3.73. The van der Waals surface area contributed by atoms with Gasteiger partial charge in [0.1, 0.15) is 5.75 Å². The van der Waals surface area contributed by atoms with Crippen molar-refractivity contribution in [3.63, 3.8) is 0 Å². The van der Waals surface area contributed by atoms with Gasteiger partial charge in [-0.1, -0.05) is 25.5 Å². The molecule has 0 saturated carbocycles. The highest BCUT2D eigenvalue weighted by molar-refractivity contribution is 7.89. The van der Waals surface area contributed by atoms with Gasteiger partial charge in [0.2, 0.25) is 16.8 Å². The van der Waals surface area contributed by atoms with Crippen molar-refractivity contribution in [3.8, 4) is 17.2 Å². The summed E-state index contributed by atoms with van der Waals surface area (Å²) in [6, 6.07) is 10.6. The zero-order valence-electron chi connectivity index (χ0n) is 16.5. The molecular weight excluding hydrogens is 392 g/mol. The number of phenolic OH excluding ortho intramolecular Hbond substituents is 1. The second-order valence-electron chi connectivity index (χ2n) is 7.41. The largest absolute Gasteiger partial charge is 0.507 e. The fourth-order valence-corrected chi connectivity index (χ4v) is 5.16. The molecule has 0 atom stereocenters. The Labute approximate surface area is 171 Å². The zero-order valence-corrected chi connectivity index (χ0v) is 17.3. The molecule has 0 aromatic heterocycles. The van der Waals surface area contributed by atoms with E-state index in [1.54, 1.807) is 24.3 Å². The number of hydrogen-bond donors (Lipinski definition) is 1. The number of rotatable bonds is 6. The molecule has 0 spiro atoms. The molecule has 1 fully saturated rings. The van der Waals surface area contributed by atoms with E-state index in [1.807, 2.05) is 12.1 Å². The molecule has 156 valence electrons. The summed E-state index contributed by atoms with van der Waals surface area (Å²) in [6.07, 6.45) is 1.98. The summed E-state index contributed by atoms with van der Waals surface area (Å²) in [5, 5.41) is 10.2. The first-order valence-electron chi connectivity index (χ1n) is 9.90. The standard InChI is InChI=1S/C21H26N2O5S/c1-2-3-16-4-6-18(7-5-16)29(25,26)23-10-8-22(9-11-23)14-17-12-20-21(13-19(17)24)28-15-27-20/h4-7,12-13,24H,2-3,8-11,14-15H2,1H3. The van der Waals surface area contributed by atoms with Gasteiger partial charge in [0.25, 0.3) is 0 Å². The number of phenols is 1. The summed E-state index contributed by atoms with van der Waals surface area (Å²) in [7, 11) is -3.49. The molecule has 0 unspecified atom stereocenters. The molecule has 2 heterocycles. The number of ether oxygens (including phenoxy) is 2. The van der Waals surface area contributed by atoms with Crippen LogP contribution in [-0.4, -0.2) is 55.7 Å². The molecule has 0 amide bonds. The van der Waals surface area contributed by atoms with E-state index in [0.29, 0.717) is 49.1 Å². The first-order chi connectivity index (χ1) is 14.0. The molecule has 29 heavy (non-hydrogen) atoms. The SMILES string of the molecule is CCCc1ccc(S(=O)(=O)N2CCN(Cc3cc4c(cc3O)OCO4)CC2)cc1. The minimum absolute atomic E-state index is 0.161. The first-order valence-corrected chi connectivity index (χ1v) is 11.3. The van der Waals surface area contributed by atoms with Crippen LogP contribution in [0.3, 0.4) is 0 Å². The van der Waals surface area contributed by atoms with Gasteiger partial charge < -0.3 is 14.6 Å². The number of benzene rings is 2. The summed E-state index contributed by atoms with van der Waals surface area (Å²) >= 11 is 0. The summed E-state index contributed by atoms with van der Waals surface area (Å²) in [5.41, 5.74) is 1.90. The van der Waals surface area contributed by atoms with E-state index in [0.717, 1.165) is 24.0 Å². The lowest BCUT2D eigenvalue weighted by Gasteiger charge is -2.34. The van der Waals surface area contributed by atoms with Crippen LogP contribution in [0.25, 0.3) is 0 Å². The Hall–Kier alpha value is -2.29. The molecule has 0 bridgehead atoms. The van der Waals surface area contributed by atoms with E-state index in [1.165, 1.54) is 4.31 Å². The Morgan fingerprint density at radius 3 is 2.31 bits per heavy atom. The average molecular weight is 419 g/mol. The lowest BCUT2D eigenvalue weighted by Crippen LogP contribution is -2.48. The van der Waals surface area contributed by atoms with Crippen LogP contribution in [0.1, 0.15) is 24.5 Å². The highest BCUT2D eigenvalue weighted by Gasteiger charge is 2.29. The van der Waals surface area contributed by atoms with Gasteiger partial charge in [0.15, 0.2) is 11.5 Å². The van der Waals surface area contributed by atoms with Gasteiger partial charge in [-0.2, -0.15) is 4.31 Å². The number of fused-ring (bicyclic) bond motifs is 1. The van der Waals surface area contributed by atoms with Crippen LogP contribution in [-0.2, 0) is 23.0 Å². The topological polar surface area (TPSA) is 79.3 Å². The maximum Gasteiger partial charge on any atom is 0.243 e. The monoisotopic (exact) mass is 418 g/mol. The smallest absolute Gasteiger partial charge is 0.243 e. The maximum absolute atomic E-state index is 12.9. The van der Waals surface area contributed by atoms with E-state index >= 15 is 0 Å². The minimum atomic E-state index is -3.49. The van der Waals surface area contributed by atoms with Crippen molar-refractivity contribution in [1.82, 2.24) is 9.21 Å². The molecule has 2 aromatic carbocycles. The highest BCUT2D eigenvalue weighted by Crippen LogP contribution is 2.38. The number of aromatic hydroxyl groups is 1. The van der Waals surface area contributed by atoms with Crippen LogP contribution in [0.4, 0.5) is 0 Å². The summed E-state index contributed by atoms with van der Waals surface area (Å²) in [6.45, 7) is 4.83. The lowest BCUT2D eigenvalue weighted by molar-refractivity contribution is 0.173. The van der Waals surface area contributed by atoms with Gasteiger partial charge in [0.05, 0.1) is 4.90 Å². The lowest BCUT2D eigenvalue weighted by atomic mass is 10.1. The van der Waals surface area contributed by atoms with Crippen LogP contribution in [0.5, 0.6) is 17.2 Å². The second kappa shape index (κ2) is 8.22. The van der Waals surface area contributed by atoms with E-state index in [2.05, 4.69) is 11.8 Å². The maximum atomic E-state index is 12.9. The van der Waals surface area contributed by atoms with E-state index in [-0.39, 0.29) is 12.5 Å².